The van der Waals surface area contributed by atoms with Crippen LogP contribution in [0, 0.1) is 0 Å². The maximum absolute atomic E-state index is 11.5. The van der Waals surface area contributed by atoms with Gasteiger partial charge in [0.05, 0.1) is 12.6 Å². The van der Waals surface area contributed by atoms with Crippen LogP contribution in [0.4, 0.5) is 0 Å². The van der Waals surface area contributed by atoms with Gasteiger partial charge >= 0.3 is 0 Å². The number of aliphatic hydroxyl groups is 2. The summed E-state index contributed by atoms with van der Waals surface area (Å²) in [6.45, 7) is 2.04. The lowest BCUT2D eigenvalue weighted by atomic mass is 10.0. The van der Waals surface area contributed by atoms with E-state index in [0.29, 0.717) is 17.2 Å². The molecule has 5 atom stereocenters. The molecule has 6 nitrogen and oxygen atoms in total. The number of rotatable bonds is 0. The molecule has 17 heavy (non-hydrogen) atoms. The zero-order valence-corrected chi connectivity index (χ0v) is 9.94. The van der Waals surface area contributed by atoms with E-state index in [-0.39, 0.29) is 5.91 Å². The Balaban J connectivity index is 1.87. The third-order valence-corrected chi connectivity index (χ3v) is 4.59. The minimum atomic E-state index is -0.962. The highest BCUT2D eigenvalue weighted by Crippen LogP contribution is 2.42. The molecular formula is C10H13NO5S. The quantitative estimate of drug-likeness (QED) is 0.513. The largest absolute Gasteiger partial charge is 0.465 e. The summed E-state index contributed by atoms with van der Waals surface area (Å²) in [4.78, 5) is 12.0. The number of carbonyl (C=O) groups is 1. The molecule has 3 aliphatic rings. The van der Waals surface area contributed by atoms with Crippen LogP contribution in [-0.2, 0) is 14.3 Å². The highest BCUT2D eigenvalue weighted by molar-refractivity contribution is 8.04. The van der Waals surface area contributed by atoms with E-state index >= 15 is 0 Å². The molecule has 0 aliphatic carbocycles. The van der Waals surface area contributed by atoms with Crippen LogP contribution in [0.15, 0.2) is 10.7 Å². The summed E-state index contributed by atoms with van der Waals surface area (Å²) in [6.07, 6.45) is -3.02. The van der Waals surface area contributed by atoms with Crippen LogP contribution in [0.1, 0.15) is 6.92 Å². The molecule has 0 radical (unpaired) electrons. The Morgan fingerprint density at radius 3 is 2.94 bits per heavy atom. The first-order chi connectivity index (χ1) is 8.08. The first-order valence-corrected chi connectivity index (χ1v) is 6.32. The van der Waals surface area contributed by atoms with Gasteiger partial charge in [-0.25, -0.2) is 0 Å². The van der Waals surface area contributed by atoms with Gasteiger partial charge in [0.15, 0.2) is 0 Å². The first kappa shape index (κ1) is 11.3. The van der Waals surface area contributed by atoms with Crippen molar-refractivity contribution < 1.29 is 24.5 Å². The van der Waals surface area contributed by atoms with Crippen molar-refractivity contribution in [3.05, 3.63) is 10.7 Å². The lowest BCUT2D eigenvalue weighted by molar-refractivity contribution is -0.229. The molecule has 3 rings (SSSR count). The summed E-state index contributed by atoms with van der Waals surface area (Å²) in [5.41, 5.74) is 0. The van der Waals surface area contributed by atoms with E-state index in [1.54, 1.807) is 6.92 Å². The van der Waals surface area contributed by atoms with Crippen molar-refractivity contribution in [1.82, 2.24) is 5.32 Å². The Kier molecular flexibility index (Phi) is 2.58. The number of ether oxygens (including phenoxy) is 2. The molecule has 3 aliphatic heterocycles. The normalized spacial score (nSPS) is 44.9. The van der Waals surface area contributed by atoms with Gasteiger partial charge in [-0.1, -0.05) is 0 Å². The Bertz CT molecular complexity index is 398. The SMILES string of the molecule is CC1OC2OC3=C(SC2C(O)C1O)C(=O)NC3. The predicted molar refractivity (Wildman–Crippen MR) is 58.8 cm³/mol. The van der Waals surface area contributed by atoms with E-state index in [2.05, 4.69) is 5.32 Å². The summed E-state index contributed by atoms with van der Waals surface area (Å²) in [6, 6.07) is 0. The molecule has 94 valence electrons. The van der Waals surface area contributed by atoms with Gasteiger partial charge in [-0.3, -0.25) is 4.79 Å². The minimum Gasteiger partial charge on any atom is -0.465 e. The smallest absolute Gasteiger partial charge is 0.261 e. The highest BCUT2D eigenvalue weighted by Gasteiger charge is 2.49. The maximum atomic E-state index is 11.5. The van der Waals surface area contributed by atoms with Crippen molar-refractivity contribution in [2.45, 2.75) is 36.8 Å². The number of fused-ring (bicyclic) bond motifs is 1. The predicted octanol–water partition coefficient (Wildman–Crippen LogP) is -1.07. The molecule has 0 saturated carbocycles. The zero-order valence-electron chi connectivity index (χ0n) is 9.12. The second-order valence-corrected chi connectivity index (χ2v) is 5.51. The molecule has 0 aromatic carbocycles. The van der Waals surface area contributed by atoms with Gasteiger partial charge in [0.1, 0.15) is 28.1 Å². The van der Waals surface area contributed by atoms with Crippen molar-refractivity contribution in [3.63, 3.8) is 0 Å². The third kappa shape index (κ3) is 1.65. The topological polar surface area (TPSA) is 88.0 Å². The molecular weight excluding hydrogens is 246 g/mol. The van der Waals surface area contributed by atoms with E-state index in [1.807, 2.05) is 0 Å². The van der Waals surface area contributed by atoms with E-state index in [9.17, 15) is 15.0 Å². The summed E-state index contributed by atoms with van der Waals surface area (Å²) in [5.74, 6) is 0.376. The van der Waals surface area contributed by atoms with Crippen LogP contribution in [0.2, 0.25) is 0 Å². The molecule has 1 saturated heterocycles. The van der Waals surface area contributed by atoms with Gasteiger partial charge in [0, 0.05) is 0 Å². The number of carbonyl (C=O) groups excluding carboxylic acids is 1. The average molecular weight is 259 g/mol. The summed E-state index contributed by atoms with van der Waals surface area (Å²) in [5, 5.41) is 21.9. The van der Waals surface area contributed by atoms with Gasteiger partial charge < -0.3 is 25.0 Å². The van der Waals surface area contributed by atoms with Crippen LogP contribution < -0.4 is 5.32 Å². The van der Waals surface area contributed by atoms with Crippen LogP contribution in [0.3, 0.4) is 0 Å². The fraction of sp³-hybridized carbons (Fsp3) is 0.700. The lowest BCUT2D eigenvalue weighted by Crippen LogP contribution is -2.56. The van der Waals surface area contributed by atoms with E-state index in [4.69, 9.17) is 9.47 Å². The molecule has 7 heteroatoms. The second-order valence-electron chi connectivity index (χ2n) is 4.33. The molecule has 0 bridgehead atoms. The monoisotopic (exact) mass is 259 g/mol. The van der Waals surface area contributed by atoms with Crippen LogP contribution in [0.25, 0.3) is 0 Å². The maximum Gasteiger partial charge on any atom is 0.261 e. The molecule has 5 unspecified atom stereocenters. The number of aliphatic hydroxyl groups excluding tert-OH is 2. The fourth-order valence-electron chi connectivity index (χ4n) is 2.16. The number of hydrogen-bond acceptors (Lipinski definition) is 6. The van der Waals surface area contributed by atoms with Crippen molar-refractivity contribution in [3.8, 4) is 0 Å². The van der Waals surface area contributed by atoms with Crippen LogP contribution in [-0.4, -0.2) is 52.5 Å². The van der Waals surface area contributed by atoms with Crippen molar-refractivity contribution >= 4 is 17.7 Å². The number of amides is 1. The summed E-state index contributed by atoms with van der Waals surface area (Å²) in [7, 11) is 0. The van der Waals surface area contributed by atoms with Gasteiger partial charge in [0.25, 0.3) is 5.91 Å². The number of hydrogen-bond donors (Lipinski definition) is 3. The molecule has 1 amide bonds. The Morgan fingerprint density at radius 2 is 2.18 bits per heavy atom. The number of thioether (sulfide) groups is 1. The first-order valence-electron chi connectivity index (χ1n) is 5.44. The van der Waals surface area contributed by atoms with E-state index in [1.165, 1.54) is 11.8 Å². The molecule has 3 N–H and O–H groups in total. The lowest BCUT2D eigenvalue weighted by Gasteiger charge is -2.43. The molecule has 0 aromatic rings. The minimum absolute atomic E-state index is 0.191. The van der Waals surface area contributed by atoms with Crippen molar-refractivity contribution in [2.24, 2.45) is 0 Å². The van der Waals surface area contributed by atoms with Gasteiger partial charge in [-0.2, -0.15) is 0 Å². The van der Waals surface area contributed by atoms with Crippen molar-refractivity contribution in [2.75, 3.05) is 6.54 Å². The molecule has 0 aromatic heterocycles. The fourth-order valence-corrected chi connectivity index (χ4v) is 3.40. The highest BCUT2D eigenvalue weighted by atomic mass is 32.2. The molecule has 0 spiro atoms. The number of nitrogens with one attached hydrogen (secondary N) is 1. The summed E-state index contributed by atoms with van der Waals surface area (Å²) >= 11 is 1.22. The summed E-state index contributed by atoms with van der Waals surface area (Å²) < 4.78 is 11.0. The molecule has 3 heterocycles. The van der Waals surface area contributed by atoms with Crippen LogP contribution in [0.5, 0.6) is 0 Å². The van der Waals surface area contributed by atoms with Gasteiger partial charge in [-0.05, 0) is 6.92 Å². The van der Waals surface area contributed by atoms with E-state index < -0.39 is 29.9 Å². The van der Waals surface area contributed by atoms with Crippen LogP contribution >= 0.6 is 11.8 Å². The Labute approximate surface area is 102 Å². The average Bonchev–Trinajstić information content (AvgIpc) is 2.66. The van der Waals surface area contributed by atoms with Gasteiger partial charge in [0.2, 0.25) is 6.29 Å². The standard InChI is InChI=1S/C10H13NO5S/c1-3-5(12)6(13)8-10(15-3)16-4-2-11-9(14)7(4)17-8/h3,5-6,8,10,12-13H,2H2,1H3,(H,11,14). The van der Waals surface area contributed by atoms with E-state index in [0.717, 1.165) is 0 Å². The second kappa shape index (κ2) is 3.88. The van der Waals surface area contributed by atoms with Gasteiger partial charge in [-0.15, -0.1) is 11.8 Å². The Hall–Kier alpha value is -0.760. The third-order valence-electron chi connectivity index (χ3n) is 3.17. The molecule has 1 fully saturated rings. The van der Waals surface area contributed by atoms with Crippen molar-refractivity contribution in [1.29, 1.82) is 0 Å². The Morgan fingerprint density at radius 1 is 1.41 bits per heavy atom. The zero-order chi connectivity index (χ0) is 12.2.